The minimum absolute atomic E-state index is 0.581. The van der Waals surface area contributed by atoms with Gasteiger partial charge in [0.25, 0.3) is 0 Å². The molecule has 0 bridgehead atoms. The van der Waals surface area contributed by atoms with Crippen LogP contribution >= 0.6 is 11.3 Å². The van der Waals surface area contributed by atoms with E-state index < -0.39 is 0 Å². The summed E-state index contributed by atoms with van der Waals surface area (Å²) >= 11 is 1.79. The Bertz CT molecular complexity index is 3430. The van der Waals surface area contributed by atoms with Crippen molar-refractivity contribution in [3.8, 4) is 45.3 Å². The zero-order valence-corrected chi connectivity index (χ0v) is 30.0. The Morgan fingerprint density at radius 1 is 0.382 bits per heavy atom. The van der Waals surface area contributed by atoms with Gasteiger partial charge in [0.1, 0.15) is 22.3 Å². The van der Waals surface area contributed by atoms with E-state index >= 15 is 0 Å². The lowest BCUT2D eigenvalue weighted by molar-refractivity contribution is 0.669. The molecular weight excluding hydrogens is 695 g/mol. The molecule has 0 N–H and O–H groups in total. The molecule has 0 saturated carbocycles. The number of para-hydroxylation sites is 1. The third-order valence-electron chi connectivity index (χ3n) is 10.7. The summed E-state index contributed by atoms with van der Waals surface area (Å²) in [6.45, 7) is 0. The lowest BCUT2D eigenvalue weighted by Crippen LogP contribution is -2.00. The van der Waals surface area contributed by atoms with Crippen LogP contribution < -0.4 is 0 Å². The predicted octanol–water partition coefficient (Wildman–Crippen LogP) is 13.9. The summed E-state index contributed by atoms with van der Waals surface area (Å²) in [6.07, 6.45) is 0. The van der Waals surface area contributed by atoms with Crippen molar-refractivity contribution in [2.45, 2.75) is 0 Å². The first kappa shape index (κ1) is 30.3. The number of nitrogens with zero attached hydrogens (tertiary/aromatic N) is 3. The van der Waals surface area contributed by atoms with Gasteiger partial charge in [0.05, 0.1) is 0 Å². The molecular formula is C49H27N3O2S. The molecule has 4 aromatic heterocycles. The van der Waals surface area contributed by atoms with Gasteiger partial charge in [-0.3, -0.25) is 0 Å². The second-order valence-corrected chi connectivity index (χ2v) is 15.0. The van der Waals surface area contributed by atoms with Crippen LogP contribution in [0.4, 0.5) is 0 Å². The molecule has 6 heteroatoms. The summed E-state index contributed by atoms with van der Waals surface area (Å²) < 4.78 is 15.8. The van der Waals surface area contributed by atoms with E-state index in [4.69, 9.17) is 23.8 Å². The molecule has 0 aliphatic rings. The second-order valence-electron chi connectivity index (χ2n) is 13.9. The topological polar surface area (TPSA) is 65.0 Å². The molecule has 0 unspecified atom stereocenters. The molecule has 256 valence electrons. The lowest BCUT2D eigenvalue weighted by atomic mass is 9.94. The summed E-state index contributed by atoms with van der Waals surface area (Å²) in [5.41, 5.74) is 8.20. The number of aromatic nitrogens is 3. The quantitative estimate of drug-likeness (QED) is 0.181. The maximum absolute atomic E-state index is 6.84. The average Bonchev–Trinajstić information content (AvgIpc) is 3.95. The van der Waals surface area contributed by atoms with Crippen LogP contribution in [0, 0.1) is 0 Å². The molecule has 12 rings (SSSR count). The maximum atomic E-state index is 6.84. The van der Waals surface area contributed by atoms with Gasteiger partial charge in [-0.15, -0.1) is 11.3 Å². The summed E-state index contributed by atoms with van der Waals surface area (Å²) in [5, 5.41) is 8.75. The molecule has 0 saturated heterocycles. The van der Waals surface area contributed by atoms with E-state index in [9.17, 15) is 0 Å². The van der Waals surface area contributed by atoms with Crippen LogP contribution in [0.15, 0.2) is 173 Å². The van der Waals surface area contributed by atoms with E-state index in [0.29, 0.717) is 17.5 Å². The van der Waals surface area contributed by atoms with Crippen molar-refractivity contribution in [2.75, 3.05) is 0 Å². The van der Waals surface area contributed by atoms with Gasteiger partial charge in [0.15, 0.2) is 17.5 Å². The van der Waals surface area contributed by atoms with Gasteiger partial charge >= 0.3 is 0 Å². The highest BCUT2D eigenvalue weighted by molar-refractivity contribution is 7.26. The Morgan fingerprint density at radius 2 is 1.04 bits per heavy atom. The number of furan rings is 2. The minimum atomic E-state index is 0.581. The fraction of sp³-hybridized carbons (Fsp3) is 0. The number of fused-ring (bicyclic) bond motifs is 12. The summed E-state index contributed by atoms with van der Waals surface area (Å²) in [5.74, 6) is 1.80. The third kappa shape index (κ3) is 4.62. The van der Waals surface area contributed by atoms with Crippen LogP contribution in [-0.4, -0.2) is 15.0 Å². The molecule has 4 heterocycles. The van der Waals surface area contributed by atoms with Crippen LogP contribution in [0.3, 0.4) is 0 Å². The predicted molar refractivity (Wildman–Crippen MR) is 227 cm³/mol. The van der Waals surface area contributed by atoms with Crippen LogP contribution in [0.5, 0.6) is 0 Å². The van der Waals surface area contributed by atoms with Crippen molar-refractivity contribution in [1.29, 1.82) is 0 Å². The van der Waals surface area contributed by atoms with Crippen molar-refractivity contribution >= 4 is 86.2 Å². The second kappa shape index (κ2) is 11.7. The van der Waals surface area contributed by atoms with E-state index in [-0.39, 0.29) is 0 Å². The molecule has 0 spiro atoms. The van der Waals surface area contributed by atoms with E-state index in [2.05, 4.69) is 91.0 Å². The van der Waals surface area contributed by atoms with E-state index in [1.54, 1.807) is 11.3 Å². The molecule has 0 fully saturated rings. The number of rotatable bonds is 4. The summed E-state index contributed by atoms with van der Waals surface area (Å²) in [6, 6.07) is 56.6. The zero-order valence-electron chi connectivity index (χ0n) is 29.2. The van der Waals surface area contributed by atoms with Crippen LogP contribution in [0.1, 0.15) is 0 Å². The number of hydrogen-bond acceptors (Lipinski definition) is 6. The Hall–Kier alpha value is -7.15. The van der Waals surface area contributed by atoms with Gasteiger partial charge < -0.3 is 8.83 Å². The fourth-order valence-electron chi connectivity index (χ4n) is 8.21. The first-order valence-electron chi connectivity index (χ1n) is 18.3. The van der Waals surface area contributed by atoms with Gasteiger partial charge in [0, 0.05) is 64.0 Å². The Balaban J connectivity index is 1.24. The van der Waals surface area contributed by atoms with Crippen LogP contribution in [-0.2, 0) is 0 Å². The number of hydrogen-bond donors (Lipinski definition) is 0. The minimum Gasteiger partial charge on any atom is -0.456 e. The van der Waals surface area contributed by atoms with Gasteiger partial charge in [-0.2, -0.15) is 0 Å². The molecule has 5 nitrogen and oxygen atoms in total. The van der Waals surface area contributed by atoms with Crippen LogP contribution in [0.2, 0.25) is 0 Å². The van der Waals surface area contributed by atoms with Gasteiger partial charge in [-0.1, -0.05) is 127 Å². The van der Waals surface area contributed by atoms with Crippen molar-refractivity contribution in [2.24, 2.45) is 0 Å². The van der Waals surface area contributed by atoms with Crippen molar-refractivity contribution < 1.29 is 8.83 Å². The molecule has 0 aliphatic heterocycles. The maximum Gasteiger partial charge on any atom is 0.164 e. The van der Waals surface area contributed by atoms with Gasteiger partial charge in [-0.05, 0) is 52.7 Å². The molecule has 55 heavy (non-hydrogen) atoms. The van der Waals surface area contributed by atoms with E-state index in [1.807, 2.05) is 72.8 Å². The Morgan fingerprint density at radius 3 is 1.82 bits per heavy atom. The summed E-state index contributed by atoms with van der Waals surface area (Å²) in [4.78, 5) is 15.5. The van der Waals surface area contributed by atoms with Crippen molar-refractivity contribution in [1.82, 2.24) is 15.0 Å². The molecule has 12 aromatic rings. The average molecular weight is 722 g/mol. The summed E-state index contributed by atoms with van der Waals surface area (Å²) in [7, 11) is 0. The third-order valence-corrected chi connectivity index (χ3v) is 11.9. The smallest absolute Gasteiger partial charge is 0.164 e. The standard InChI is InChI=1S/C49H27N3O2S/c1-3-14-29(15-4-1)47-50-48(30-16-5-2-6-17-30)52-49(51-47)37-25-31(26-40-43(37)42-32-18-8-7-13-28(32)23-24-39(42)53-40)35-27-36-33-19-9-11-21-38(33)54-45(36)44-34-20-10-12-22-41(34)55-46(35)44/h1-27H. The first-order valence-corrected chi connectivity index (χ1v) is 19.1. The number of thiophene rings is 1. The largest absolute Gasteiger partial charge is 0.456 e. The van der Waals surface area contributed by atoms with Gasteiger partial charge in [0.2, 0.25) is 0 Å². The SMILES string of the molecule is c1ccc(-c2nc(-c3ccccc3)nc(-c3cc(-c4cc5c6ccccc6oc5c5c4sc4ccccc45)cc4oc5ccc6ccccc6c5c34)n2)cc1. The molecule has 0 radical (unpaired) electrons. The molecule has 0 amide bonds. The first-order chi connectivity index (χ1) is 27.2. The highest BCUT2D eigenvalue weighted by Gasteiger charge is 2.24. The van der Waals surface area contributed by atoms with Gasteiger partial charge in [-0.25, -0.2) is 15.0 Å². The van der Waals surface area contributed by atoms with E-state index in [1.165, 1.54) is 10.1 Å². The van der Waals surface area contributed by atoms with Crippen molar-refractivity contribution in [3.05, 3.63) is 164 Å². The highest BCUT2D eigenvalue weighted by atomic mass is 32.1. The fourth-order valence-corrected chi connectivity index (χ4v) is 9.44. The Labute approximate surface area is 317 Å². The monoisotopic (exact) mass is 721 g/mol. The number of benzene rings is 8. The van der Waals surface area contributed by atoms with Crippen LogP contribution in [0.25, 0.3) is 120 Å². The lowest BCUT2D eigenvalue weighted by Gasteiger charge is -2.12. The molecule has 8 aromatic carbocycles. The Kier molecular flexibility index (Phi) is 6.44. The molecule has 0 atom stereocenters. The molecule has 0 aliphatic carbocycles. The van der Waals surface area contributed by atoms with Crippen molar-refractivity contribution in [3.63, 3.8) is 0 Å². The zero-order chi connectivity index (χ0) is 36.0. The normalized spacial score (nSPS) is 12.0. The van der Waals surface area contributed by atoms with E-state index in [0.717, 1.165) is 92.6 Å². The highest BCUT2D eigenvalue weighted by Crippen LogP contribution is 2.49.